The van der Waals surface area contributed by atoms with Crippen LogP contribution in [0, 0.1) is 0 Å². The standard InChI is InChI=1S/C31H31N3O2/c1-2-36-31(35)28(20-23-13-15-24(16-14-23)25-17-18-25)34-30-27(19-22-9-5-3-6-10-22)33-29(21-32-30)26-11-7-4-8-12-26/h3-16,21,25,28H,2,17-20H2,1H3,(H,32,34). The number of aromatic nitrogens is 2. The summed E-state index contributed by atoms with van der Waals surface area (Å²) in [7, 11) is 0. The zero-order valence-electron chi connectivity index (χ0n) is 20.6. The molecule has 0 amide bonds. The van der Waals surface area contributed by atoms with Gasteiger partial charge in [-0.25, -0.2) is 14.8 Å². The van der Waals surface area contributed by atoms with Gasteiger partial charge in [-0.3, -0.25) is 0 Å². The Bertz CT molecular complexity index is 1290. The van der Waals surface area contributed by atoms with Crippen molar-refractivity contribution in [2.75, 3.05) is 11.9 Å². The van der Waals surface area contributed by atoms with Crippen LogP contribution in [0.1, 0.15) is 48.1 Å². The lowest BCUT2D eigenvalue weighted by Gasteiger charge is -2.20. The fourth-order valence-corrected chi connectivity index (χ4v) is 4.39. The average molecular weight is 478 g/mol. The van der Waals surface area contributed by atoms with Crippen LogP contribution in [0.3, 0.4) is 0 Å². The minimum Gasteiger partial charge on any atom is -0.464 e. The second-order valence-corrected chi connectivity index (χ2v) is 9.25. The zero-order valence-corrected chi connectivity index (χ0v) is 20.6. The van der Waals surface area contributed by atoms with Crippen molar-refractivity contribution in [2.45, 2.75) is 44.6 Å². The van der Waals surface area contributed by atoms with Crippen molar-refractivity contribution in [3.63, 3.8) is 0 Å². The van der Waals surface area contributed by atoms with Crippen LogP contribution in [-0.4, -0.2) is 28.6 Å². The van der Waals surface area contributed by atoms with Crippen molar-refractivity contribution in [1.82, 2.24) is 9.97 Å². The molecule has 4 aromatic rings. The molecule has 182 valence electrons. The van der Waals surface area contributed by atoms with Gasteiger partial charge in [0.15, 0.2) is 0 Å². The van der Waals surface area contributed by atoms with Crippen LogP contribution in [-0.2, 0) is 22.4 Å². The van der Waals surface area contributed by atoms with E-state index in [0.29, 0.717) is 31.2 Å². The SMILES string of the molecule is CCOC(=O)C(Cc1ccc(C2CC2)cc1)Nc1ncc(-c2ccccc2)nc1Cc1ccccc1. The topological polar surface area (TPSA) is 64.1 Å². The van der Waals surface area contributed by atoms with Crippen molar-refractivity contribution in [3.05, 3.63) is 114 Å². The van der Waals surface area contributed by atoms with Gasteiger partial charge in [-0.15, -0.1) is 0 Å². The summed E-state index contributed by atoms with van der Waals surface area (Å²) in [6, 6.07) is 28.2. The Labute approximate surface area is 212 Å². The molecule has 1 N–H and O–H groups in total. The van der Waals surface area contributed by atoms with E-state index in [2.05, 4.69) is 41.7 Å². The molecule has 1 fully saturated rings. The van der Waals surface area contributed by atoms with E-state index >= 15 is 0 Å². The minimum absolute atomic E-state index is 0.289. The summed E-state index contributed by atoms with van der Waals surface area (Å²) in [5, 5.41) is 3.38. The van der Waals surface area contributed by atoms with Gasteiger partial charge in [0.25, 0.3) is 0 Å². The first-order valence-corrected chi connectivity index (χ1v) is 12.7. The molecule has 5 nitrogen and oxygen atoms in total. The number of benzene rings is 3. The molecular formula is C31H31N3O2. The molecule has 1 heterocycles. The molecule has 5 rings (SSSR count). The summed E-state index contributed by atoms with van der Waals surface area (Å²) >= 11 is 0. The molecule has 0 bridgehead atoms. The number of nitrogens with zero attached hydrogens (tertiary/aromatic N) is 2. The van der Waals surface area contributed by atoms with Crippen LogP contribution < -0.4 is 5.32 Å². The maximum Gasteiger partial charge on any atom is 0.328 e. The van der Waals surface area contributed by atoms with E-state index in [1.807, 2.05) is 55.5 Å². The second-order valence-electron chi connectivity index (χ2n) is 9.25. The number of esters is 1. The lowest BCUT2D eigenvalue weighted by Crippen LogP contribution is -2.34. The summed E-state index contributed by atoms with van der Waals surface area (Å²) in [6.45, 7) is 2.15. The van der Waals surface area contributed by atoms with Crippen LogP contribution in [0.25, 0.3) is 11.3 Å². The number of nitrogens with one attached hydrogen (secondary N) is 1. The summed E-state index contributed by atoms with van der Waals surface area (Å²) in [6.07, 6.45) is 5.42. The molecule has 1 aliphatic carbocycles. The van der Waals surface area contributed by atoms with Crippen LogP contribution in [0.5, 0.6) is 0 Å². The average Bonchev–Trinajstić information content (AvgIpc) is 3.77. The lowest BCUT2D eigenvalue weighted by atomic mass is 10.0. The quantitative estimate of drug-likeness (QED) is 0.276. The van der Waals surface area contributed by atoms with Gasteiger partial charge < -0.3 is 10.1 Å². The number of carbonyl (C=O) groups excluding carboxylic acids is 1. The van der Waals surface area contributed by atoms with Gasteiger partial charge in [0, 0.05) is 18.4 Å². The minimum atomic E-state index is -0.567. The molecule has 5 heteroatoms. The van der Waals surface area contributed by atoms with E-state index in [1.165, 1.54) is 18.4 Å². The number of hydrogen-bond acceptors (Lipinski definition) is 5. The number of hydrogen-bond donors (Lipinski definition) is 1. The van der Waals surface area contributed by atoms with Gasteiger partial charge in [-0.1, -0.05) is 84.9 Å². The normalized spacial score (nSPS) is 13.7. The molecule has 0 saturated heterocycles. The molecule has 0 aliphatic heterocycles. The predicted molar refractivity (Wildman–Crippen MR) is 143 cm³/mol. The van der Waals surface area contributed by atoms with Crippen molar-refractivity contribution in [3.8, 4) is 11.3 Å². The molecule has 3 aromatic carbocycles. The number of ether oxygens (including phenoxy) is 1. The lowest BCUT2D eigenvalue weighted by molar-refractivity contribution is -0.144. The van der Waals surface area contributed by atoms with Crippen LogP contribution in [0.4, 0.5) is 5.82 Å². The van der Waals surface area contributed by atoms with Gasteiger partial charge in [0.1, 0.15) is 11.9 Å². The molecule has 36 heavy (non-hydrogen) atoms. The van der Waals surface area contributed by atoms with E-state index in [-0.39, 0.29) is 5.97 Å². The van der Waals surface area contributed by atoms with Crippen molar-refractivity contribution in [2.24, 2.45) is 0 Å². The van der Waals surface area contributed by atoms with Gasteiger partial charge in [0.2, 0.25) is 0 Å². The first-order chi connectivity index (χ1) is 17.7. The first kappa shape index (κ1) is 23.7. The van der Waals surface area contributed by atoms with E-state index < -0.39 is 6.04 Å². The van der Waals surface area contributed by atoms with Gasteiger partial charge in [-0.05, 0) is 42.4 Å². The Hall–Kier alpha value is -3.99. The van der Waals surface area contributed by atoms with Crippen molar-refractivity contribution in [1.29, 1.82) is 0 Å². The fraction of sp³-hybridized carbons (Fsp3) is 0.258. The number of carbonyl (C=O) groups is 1. The van der Waals surface area contributed by atoms with Crippen molar-refractivity contribution < 1.29 is 9.53 Å². The monoisotopic (exact) mass is 477 g/mol. The molecule has 1 atom stereocenters. The van der Waals surface area contributed by atoms with Crippen LogP contribution in [0.15, 0.2) is 91.1 Å². The summed E-state index contributed by atoms with van der Waals surface area (Å²) in [5.41, 5.74) is 6.19. The maximum atomic E-state index is 13.0. The van der Waals surface area contributed by atoms with Crippen LogP contribution >= 0.6 is 0 Å². The largest absolute Gasteiger partial charge is 0.464 e. The molecule has 1 aliphatic rings. The molecular weight excluding hydrogens is 446 g/mol. The third-order valence-corrected chi connectivity index (χ3v) is 6.48. The number of rotatable bonds is 10. The zero-order chi connectivity index (χ0) is 24.7. The van der Waals surface area contributed by atoms with E-state index in [0.717, 1.165) is 28.1 Å². The summed E-state index contributed by atoms with van der Waals surface area (Å²) in [5.74, 6) is 1.02. The third-order valence-electron chi connectivity index (χ3n) is 6.48. The van der Waals surface area contributed by atoms with Crippen LogP contribution in [0.2, 0.25) is 0 Å². The van der Waals surface area contributed by atoms with Crippen molar-refractivity contribution >= 4 is 11.8 Å². The smallest absolute Gasteiger partial charge is 0.328 e. The number of anilines is 1. The Kier molecular flexibility index (Phi) is 7.36. The van der Waals surface area contributed by atoms with Gasteiger partial charge >= 0.3 is 5.97 Å². The predicted octanol–water partition coefficient (Wildman–Crippen LogP) is 6.20. The highest BCUT2D eigenvalue weighted by molar-refractivity contribution is 5.79. The fourth-order valence-electron chi connectivity index (χ4n) is 4.39. The Morgan fingerprint density at radius 3 is 2.31 bits per heavy atom. The first-order valence-electron chi connectivity index (χ1n) is 12.7. The highest BCUT2D eigenvalue weighted by Crippen LogP contribution is 2.40. The van der Waals surface area contributed by atoms with E-state index in [9.17, 15) is 4.79 Å². The van der Waals surface area contributed by atoms with E-state index in [1.54, 1.807) is 6.20 Å². The highest BCUT2D eigenvalue weighted by atomic mass is 16.5. The highest BCUT2D eigenvalue weighted by Gasteiger charge is 2.25. The van der Waals surface area contributed by atoms with Gasteiger partial charge in [-0.2, -0.15) is 0 Å². The molecule has 0 radical (unpaired) electrons. The van der Waals surface area contributed by atoms with Gasteiger partial charge in [0.05, 0.1) is 24.2 Å². The Balaban J connectivity index is 1.44. The Morgan fingerprint density at radius 2 is 1.64 bits per heavy atom. The summed E-state index contributed by atoms with van der Waals surface area (Å²) < 4.78 is 5.42. The second kappa shape index (κ2) is 11.2. The molecule has 0 spiro atoms. The molecule has 1 saturated carbocycles. The summed E-state index contributed by atoms with van der Waals surface area (Å²) in [4.78, 5) is 22.7. The molecule has 1 unspecified atom stereocenters. The van der Waals surface area contributed by atoms with E-state index in [4.69, 9.17) is 14.7 Å². The third kappa shape index (κ3) is 5.98. The maximum absolute atomic E-state index is 13.0. The molecule has 1 aromatic heterocycles. The Morgan fingerprint density at radius 1 is 0.944 bits per heavy atom.